The van der Waals surface area contributed by atoms with Gasteiger partial charge in [0, 0.05) is 26.2 Å². The molecule has 16 heavy (non-hydrogen) atoms. The Bertz CT molecular complexity index is 171. The van der Waals surface area contributed by atoms with Crippen LogP contribution in [0.5, 0.6) is 0 Å². The van der Waals surface area contributed by atoms with Crippen LogP contribution in [0, 0.1) is 0 Å². The number of nitrogens with two attached hydrogens (primary N) is 1. The van der Waals surface area contributed by atoms with E-state index in [4.69, 9.17) is 5.73 Å². The highest BCUT2D eigenvalue weighted by Gasteiger charge is 2.18. The molecule has 1 aliphatic heterocycles. The molecular weight excluding hydrogens is 212 g/mol. The van der Waals surface area contributed by atoms with Gasteiger partial charge in [0.2, 0.25) is 0 Å². The van der Waals surface area contributed by atoms with Crippen molar-refractivity contribution >= 4 is 0 Å². The maximum absolute atomic E-state index is 12.1. The van der Waals surface area contributed by atoms with Gasteiger partial charge in [-0.3, -0.25) is 4.90 Å². The second-order valence-electron chi connectivity index (χ2n) is 4.38. The van der Waals surface area contributed by atoms with Crippen molar-refractivity contribution in [1.29, 1.82) is 0 Å². The number of nitrogens with zero attached hydrogens (tertiary/aromatic N) is 2. The Balaban J connectivity index is 2.03. The molecule has 2 N–H and O–H groups in total. The molecule has 0 aromatic carbocycles. The molecule has 0 atom stereocenters. The number of alkyl halides is 2. The third-order valence-corrected chi connectivity index (χ3v) is 3.04. The highest BCUT2D eigenvalue weighted by atomic mass is 19.3. The second-order valence-corrected chi connectivity index (χ2v) is 4.38. The standard InChI is InChI=1S/C11H23F2N3/c12-11(13)10-16-8-6-15(7-9-16)5-3-1-2-4-14/h11H,1-10,14H2. The van der Waals surface area contributed by atoms with E-state index in [1.165, 1.54) is 12.8 Å². The van der Waals surface area contributed by atoms with Crippen LogP contribution in [0.2, 0.25) is 0 Å². The average molecular weight is 235 g/mol. The lowest BCUT2D eigenvalue weighted by molar-refractivity contribution is 0.0559. The van der Waals surface area contributed by atoms with Gasteiger partial charge in [0.15, 0.2) is 0 Å². The third kappa shape index (κ3) is 5.72. The van der Waals surface area contributed by atoms with Crippen molar-refractivity contribution in [3.8, 4) is 0 Å². The van der Waals surface area contributed by atoms with E-state index in [1.54, 1.807) is 0 Å². The molecule has 0 aromatic rings. The summed E-state index contributed by atoms with van der Waals surface area (Å²) in [6, 6.07) is 0. The monoisotopic (exact) mass is 235 g/mol. The highest BCUT2D eigenvalue weighted by molar-refractivity contribution is 4.72. The van der Waals surface area contributed by atoms with E-state index in [9.17, 15) is 8.78 Å². The molecule has 1 aliphatic rings. The Hall–Kier alpha value is -0.260. The number of halogens is 2. The highest BCUT2D eigenvalue weighted by Crippen LogP contribution is 2.06. The van der Waals surface area contributed by atoms with Gasteiger partial charge in [-0.25, -0.2) is 8.78 Å². The normalized spacial score (nSPS) is 19.5. The van der Waals surface area contributed by atoms with E-state index < -0.39 is 6.43 Å². The van der Waals surface area contributed by atoms with Gasteiger partial charge in [-0.15, -0.1) is 0 Å². The molecular formula is C11H23F2N3. The summed E-state index contributed by atoms with van der Waals surface area (Å²) in [5.41, 5.74) is 5.42. The molecule has 0 spiro atoms. The summed E-state index contributed by atoms with van der Waals surface area (Å²) in [7, 11) is 0. The quantitative estimate of drug-likeness (QED) is 0.668. The predicted molar refractivity (Wildman–Crippen MR) is 61.8 cm³/mol. The van der Waals surface area contributed by atoms with Crippen LogP contribution in [0.1, 0.15) is 19.3 Å². The molecule has 0 saturated carbocycles. The van der Waals surface area contributed by atoms with Gasteiger partial charge in [0.25, 0.3) is 6.43 Å². The van der Waals surface area contributed by atoms with Crippen molar-refractivity contribution in [2.45, 2.75) is 25.7 Å². The minimum Gasteiger partial charge on any atom is -0.330 e. The van der Waals surface area contributed by atoms with E-state index in [1.807, 2.05) is 4.90 Å². The minimum atomic E-state index is -2.20. The first-order valence-corrected chi connectivity index (χ1v) is 6.15. The molecule has 0 aromatic heterocycles. The Kier molecular flexibility index (Phi) is 6.84. The first kappa shape index (κ1) is 13.8. The first-order chi connectivity index (χ1) is 7.72. The summed E-state index contributed by atoms with van der Waals surface area (Å²) < 4.78 is 24.3. The Morgan fingerprint density at radius 1 is 0.938 bits per heavy atom. The molecule has 1 fully saturated rings. The van der Waals surface area contributed by atoms with Crippen LogP contribution in [0.3, 0.4) is 0 Å². The van der Waals surface area contributed by atoms with Gasteiger partial charge in [-0.1, -0.05) is 6.42 Å². The predicted octanol–water partition coefficient (Wildman–Crippen LogP) is 0.998. The van der Waals surface area contributed by atoms with Crippen LogP contribution in [0.25, 0.3) is 0 Å². The zero-order valence-electron chi connectivity index (χ0n) is 9.88. The molecule has 0 aliphatic carbocycles. The van der Waals surface area contributed by atoms with E-state index in [0.29, 0.717) is 0 Å². The molecule has 1 rings (SSSR count). The lowest BCUT2D eigenvalue weighted by Crippen LogP contribution is -2.47. The fourth-order valence-corrected chi connectivity index (χ4v) is 2.05. The number of hydrogen-bond acceptors (Lipinski definition) is 3. The van der Waals surface area contributed by atoms with Crippen LogP contribution in [-0.2, 0) is 0 Å². The SMILES string of the molecule is NCCCCCN1CCN(CC(F)F)CC1. The fraction of sp³-hybridized carbons (Fsp3) is 1.00. The molecule has 5 heteroatoms. The third-order valence-electron chi connectivity index (χ3n) is 3.04. The topological polar surface area (TPSA) is 32.5 Å². The number of piperazine rings is 1. The Morgan fingerprint density at radius 2 is 1.56 bits per heavy atom. The van der Waals surface area contributed by atoms with E-state index in [2.05, 4.69) is 4.90 Å². The van der Waals surface area contributed by atoms with Crippen molar-refractivity contribution in [2.24, 2.45) is 5.73 Å². The summed E-state index contributed by atoms with van der Waals surface area (Å²) >= 11 is 0. The minimum absolute atomic E-state index is 0.0684. The molecule has 1 saturated heterocycles. The summed E-state index contributed by atoms with van der Waals surface area (Å²) in [5.74, 6) is 0. The number of hydrogen-bond donors (Lipinski definition) is 1. The number of unbranched alkanes of at least 4 members (excludes halogenated alkanes) is 2. The Morgan fingerprint density at radius 3 is 2.12 bits per heavy atom. The van der Waals surface area contributed by atoms with Crippen molar-refractivity contribution in [3.05, 3.63) is 0 Å². The van der Waals surface area contributed by atoms with Crippen LogP contribution < -0.4 is 5.73 Å². The smallest absolute Gasteiger partial charge is 0.251 e. The molecule has 3 nitrogen and oxygen atoms in total. The zero-order chi connectivity index (χ0) is 11.8. The van der Waals surface area contributed by atoms with Gasteiger partial charge >= 0.3 is 0 Å². The van der Waals surface area contributed by atoms with Crippen LogP contribution in [-0.4, -0.2) is 62.0 Å². The maximum atomic E-state index is 12.1. The van der Waals surface area contributed by atoms with Crippen LogP contribution in [0.4, 0.5) is 8.78 Å². The Labute approximate surface area is 96.6 Å². The van der Waals surface area contributed by atoms with Crippen molar-refractivity contribution in [1.82, 2.24) is 9.80 Å². The average Bonchev–Trinajstić information content (AvgIpc) is 2.26. The molecule has 0 amide bonds. The largest absolute Gasteiger partial charge is 0.330 e. The summed E-state index contributed by atoms with van der Waals surface area (Å²) in [6.45, 7) is 5.19. The fourth-order valence-electron chi connectivity index (χ4n) is 2.05. The van der Waals surface area contributed by atoms with Crippen molar-refractivity contribution < 1.29 is 8.78 Å². The maximum Gasteiger partial charge on any atom is 0.251 e. The summed E-state index contributed by atoms with van der Waals surface area (Å²) in [4.78, 5) is 4.21. The van der Waals surface area contributed by atoms with E-state index in [-0.39, 0.29) is 6.54 Å². The molecule has 0 unspecified atom stereocenters. The van der Waals surface area contributed by atoms with Gasteiger partial charge in [-0.2, -0.15) is 0 Å². The van der Waals surface area contributed by atoms with E-state index >= 15 is 0 Å². The van der Waals surface area contributed by atoms with Gasteiger partial charge < -0.3 is 10.6 Å². The molecule has 0 radical (unpaired) electrons. The number of rotatable bonds is 7. The second kappa shape index (κ2) is 7.92. The molecule has 1 heterocycles. The van der Waals surface area contributed by atoms with Crippen molar-refractivity contribution in [3.63, 3.8) is 0 Å². The molecule has 96 valence electrons. The van der Waals surface area contributed by atoms with E-state index in [0.717, 1.165) is 45.7 Å². The van der Waals surface area contributed by atoms with Crippen molar-refractivity contribution in [2.75, 3.05) is 45.8 Å². The lowest BCUT2D eigenvalue weighted by atomic mass is 10.2. The molecule has 0 bridgehead atoms. The van der Waals surface area contributed by atoms with Gasteiger partial charge in [-0.05, 0) is 25.9 Å². The van der Waals surface area contributed by atoms with Crippen LogP contribution >= 0.6 is 0 Å². The zero-order valence-corrected chi connectivity index (χ0v) is 9.88. The van der Waals surface area contributed by atoms with Gasteiger partial charge in [0.05, 0.1) is 6.54 Å². The summed E-state index contributed by atoms with van der Waals surface area (Å²) in [5, 5.41) is 0. The summed E-state index contributed by atoms with van der Waals surface area (Å²) in [6.07, 6.45) is 1.24. The van der Waals surface area contributed by atoms with Crippen LogP contribution in [0.15, 0.2) is 0 Å². The first-order valence-electron chi connectivity index (χ1n) is 6.15. The lowest BCUT2D eigenvalue weighted by Gasteiger charge is -2.34. The van der Waals surface area contributed by atoms with Gasteiger partial charge in [0.1, 0.15) is 0 Å².